The molecule has 3 aromatic heterocycles. The lowest BCUT2D eigenvalue weighted by atomic mass is 9.99. The van der Waals surface area contributed by atoms with E-state index < -0.39 is 6.04 Å². The van der Waals surface area contributed by atoms with Crippen LogP contribution in [0.1, 0.15) is 51.2 Å². The van der Waals surface area contributed by atoms with Gasteiger partial charge < -0.3 is 34.9 Å². The van der Waals surface area contributed by atoms with Crippen LogP contribution in [0, 0.1) is 20.8 Å². The molecular formula is C42H47ClN8O6S. The second kappa shape index (κ2) is 19.6. The van der Waals surface area contributed by atoms with E-state index in [1.54, 1.807) is 11.3 Å². The molecule has 0 unspecified atom stereocenters. The molecule has 2 aliphatic heterocycles. The number of anilines is 2. The van der Waals surface area contributed by atoms with Gasteiger partial charge >= 0.3 is 0 Å². The van der Waals surface area contributed by atoms with E-state index >= 15 is 0 Å². The number of halogens is 1. The summed E-state index contributed by atoms with van der Waals surface area (Å²) in [7, 11) is 0. The van der Waals surface area contributed by atoms with E-state index in [-0.39, 0.29) is 18.2 Å². The van der Waals surface area contributed by atoms with Crippen molar-refractivity contribution >= 4 is 52.0 Å². The van der Waals surface area contributed by atoms with Crippen molar-refractivity contribution in [2.45, 2.75) is 39.7 Å². The molecule has 0 fully saturated rings. The SMILES string of the molecule is Cc1sc2c(c1C)C(c1ccc(Cl)cc1)=N[C@@H](CC(=O)NCCOCCOCCOCCOCCNc1ccc(-c3ccc4c(c3)CC(=O)N4)cn1)c1nnc(C)n1-2. The van der Waals surface area contributed by atoms with Crippen molar-refractivity contribution < 1.29 is 28.5 Å². The fraction of sp³-hybridized carbons (Fsp3) is 0.381. The molecule has 58 heavy (non-hydrogen) atoms. The first-order valence-electron chi connectivity index (χ1n) is 19.3. The minimum atomic E-state index is -0.533. The highest BCUT2D eigenvalue weighted by Crippen LogP contribution is 2.39. The number of hydrogen-bond donors (Lipinski definition) is 3. The molecule has 0 saturated carbocycles. The molecule has 2 amide bonds. The number of amides is 2. The number of nitrogens with one attached hydrogen (secondary N) is 3. The Morgan fingerprint density at radius 2 is 1.53 bits per heavy atom. The van der Waals surface area contributed by atoms with Gasteiger partial charge in [0.05, 0.1) is 71.4 Å². The van der Waals surface area contributed by atoms with Crippen molar-refractivity contribution in [2.24, 2.45) is 4.99 Å². The quantitative estimate of drug-likeness (QED) is 0.0789. The van der Waals surface area contributed by atoms with E-state index in [1.807, 2.05) is 72.3 Å². The summed E-state index contributed by atoms with van der Waals surface area (Å²) in [6.45, 7) is 10.6. The summed E-state index contributed by atoms with van der Waals surface area (Å²) in [6, 6.07) is 17.0. The van der Waals surface area contributed by atoms with Gasteiger partial charge in [0.25, 0.3) is 0 Å². The van der Waals surface area contributed by atoms with Crippen LogP contribution in [0.3, 0.4) is 0 Å². The van der Waals surface area contributed by atoms with Crippen molar-refractivity contribution in [3.8, 4) is 16.1 Å². The number of benzene rings is 2. The fourth-order valence-corrected chi connectivity index (χ4v) is 8.07. The van der Waals surface area contributed by atoms with Crippen LogP contribution in [0.2, 0.25) is 5.02 Å². The number of aliphatic imine (C=N–C) groups is 1. The molecule has 0 spiro atoms. The van der Waals surface area contributed by atoms with Crippen molar-refractivity contribution in [3.05, 3.63) is 105 Å². The molecule has 2 aromatic carbocycles. The van der Waals surface area contributed by atoms with Gasteiger partial charge in [-0.05, 0) is 73.9 Å². The van der Waals surface area contributed by atoms with E-state index in [4.69, 9.17) is 35.5 Å². The van der Waals surface area contributed by atoms with E-state index in [0.717, 1.165) is 61.4 Å². The Kier molecular flexibility index (Phi) is 13.9. The third-order valence-corrected chi connectivity index (χ3v) is 11.2. The number of nitrogens with zero attached hydrogens (tertiary/aromatic N) is 5. The standard InChI is InChI=1S/C42H47ClN8O6S/c1-26-27(2)58-42-39(26)40(29-4-8-33(43)9-5-29)48-35(41-50-49-28(3)51(41)42)24-37(52)45-13-15-55-17-19-57-21-20-56-18-16-54-14-12-44-36-11-7-31(25-46-36)30-6-10-34-32(22-30)23-38(53)47-34/h4-11,22,25,35H,12-21,23-24H2,1-3H3,(H,44,46)(H,45,52)(H,47,53)/t35-/m0/s1. The Bertz CT molecular complexity index is 2240. The highest BCUT2D eigenvalue weighted by Gasteiger charge is 2.32. The van der Waals surface area contributed by atoms with Gasteiger partial charge in [-0.15, -0.1) is 21.5 Å². The molecule has 16 heteroatoms. The first kappa shape index (κ1) is 41.1. The third-order valence-electron chi connectivity index (χ3n) is 9.80. The predicted octanol–water partition coefficient (Wildman–Crippen LogP) is 6.04. The number of rotatable bonds is 20. The van der Waals surface area contributed by atoms with Crippen LogP contribution in [0.25, 0.3) is 16.1 Å². The average molecular weight is 827 g/mol. The first-order chi connectivity index (χ1) is 28.2. The van der Waals surface area contributed by atoms with Crippen molar-refractivity contribution in [3.63, 3.8) is 0 Å². The maximum atomic E-state index is 13.2. The van der Waals surface area contributed by atoms with Crippen molar-refractivity contribution in [2.75, 3.05) is 76.6 Å². The zero-order chi connectivity index (χ0) is 40.4. The summed E-state index contributed by atoms with van der Waals surface area (Å²) in [6.07, 6.45) is 2.35. The first-order valence-corrected chi connectivity index (χ1v) is 20.5. The Morgan fingerprint density at radius 1 is 0.862 bits per heavy atom. The number of hydrogen-bond acceptors (Lipinski definition) is 12. The van der Waals surface area contributed by atoms with Gasteiger partial charge in [0, 0.05) is 51.6 Å². The molecule has 0 aliphatic carbocycles. The normalized spacial score (nSPS) is 14.3. The maximum Gasteiger partial charge on any atom is 0.228 e. The van der Waals surface area contributed by atoms with Crippen LogP contribution in [0.15, 0.2) is 65.8 Å². The molecule has 2 aliphatic rings. The lowest BCUT2D eigenvalue weighted by Crippen LogP contribution is -2.29. The molecular weight excluding hydrogens is 780 g/mol. The van der Waals surface area contributed by atoms with Gasteiger partial charge in [0.1, 0.15) is 22.7 Å². The van der Waals surface area contributed by atoms with E-state index in [2.05, 4.69) is 45.0 Å². The number of pyridine rings is 1. The van der Waals surface area contributed by atoms with Crippen LogP contribution >= 0.6 is 22.9 Å². The fourth-order valence-electron chi connectivity index (χ4n) is 6.73. The zero-order valence-electron chi connectivity index (χ0n) is 32.8. The smallest absolute Gasteiger partial charge is 0.228 e. The number of carbonyl (C=O) groups is 2. The van der Waals surface area contributed by atoms with Gasteiger partial charge in [-0.1, -0.05) is 29.8 Å². The van der Waals surface area contributed by atoms with Gasteiger partial charge in [-0.3, -0.25) is 19.1 Å². The van der Waals surface area contributed by atoms with Gasteiger partial charge in [-0.25, -0.2) is 4.98 Å². The van der Waals surface area contributed by atoms with E-state index in [9.17, 15) is 9.59 Å². The molecule has 0 saturated heterocycles. The second-order valence-electron chi connectivity index (χ2n) is 13.9. The predicted molar refractivity (Wildman–Crippen MR) is 225 cm³/mol. The molecule has 0 bridgehead atoms. The number of carbonyl (C=O) groups excluding carboxylic acids is 2. The van der Waals surface area contributed by atoms with Crippen molar-refractivity contribution in [1.82, 2.24) is 25.1 Å². The lowest BCUT2D eigenvalue weighted by Gasteiger charge is -2.13. The molecule has 5 aromatic rings. The topological polar surface area (TPSA) is 163 Å². The summed E-state index contributed by atoms with van der Waals surface area (Å²) < 4.78 is 24.6. The minimum absolute atomic E-state index is 0.0263. The summed E-state index contributed by atoms with van der Waals surface area (Å²) in [5, 5.41) is 19.6. The molecule has 7 rings (SSSR count). The monoisotopic (exact) mass is 826 g/mol. The lowest BCUT2D eigenvalue weighted by molar-refractivity contribution is -0.121. The largest absolute Gasteiger partial charge is 0.377 e. The van der Waals surface area contributed by atoms with E-state index in [1.165, 1.54) is 4.88 Å². The summed E-state index contributed by atoms with van der Waals surface area (Å²) >= 11 is 7.89. The third kappa shape index (κ3) is 10.2. The zero-order valence-corrected chi connectivity index (χ0v) is 34.4. The molecule has 5 heterocycles. The Balaban J connectivity index is 0.731. The number of fused-ring (bicyclic) bond motifs is 4. The Morgan fingerprint density at radius 3 is 2.24 bits per heavy atom. The van der Waals surface area contributed by atoms with Crippen LogP contribution in [-0.2, 0) is 35.0 Å². The molecule has 14 nitrogen and oxygen atoms in total. The summed E-state index contributed by atoms with van der Waals surface area (Å²) in [5.74, 6) is 2.02. The highest BCUT2D eigenvalue weighted by molar-refractivity contribution is 7.15. The van der Waals surface area contributed by atoms with Gasteiger partial charge in [-0.2, -0.15) is 0 Å². The second-order valence-corrected chi connectivity index (χ2v) is 15.5. The molecule has 0 radical (unpaired) electrons. The van der Waals surface area contributed by atoms with E-state index in [0.29, 0.717) is 83.2 Å². The number of aromatic nitrogens is 4. The number of aryl methyl sites for hydroxylation is 2. The summed E-state index contributed by atoms with van der Waals surface area (Å²) in [5.41, 5.74) is 7.82. The Hall–Kier alpha value is -5.03. The van der Waals surface area contributed by atoms with Crippen LogP contribution < -0.4 is 16.0 Å². The number of ether oxygens (including phenoxy) is 4. The van der Waals surface area contributed by atoms with Crippen LogP contribution in [0.5, 0.6) is 0 Å². The van der Waals surface area contributed by atoms with Crippen LogP contribution in [0.4, 0.5) is 11.5 Å². The Labute approximate surface area is 346 Å². The number of thiophene rings is 1. The van der Waals surface area contributed by atoms with Gasteiger partial charge in [0.2, 0.25) is 11.8 Å². The summed E-state index contributed by atoms with van der Waals surface area (Å²) in [4.78, 5) is 35.6. The average Bonchev–Trinajstić information content (AvgIpc) is 3.86. The maximum absolute atomic E-state index is 13.2. The highest BCUT2D eigenvalue weighted by atomic mass is 35.5. The van der Waals surface area contributed by atoms with Crippen molar-refractivity contribution in [1.29, 1.82) is 0 Å². The molecule has 3 N–H and O–H groups in total. The molecule has 1 atom stereocenters. The van der Waals surface area contributed by atoms with Crippen LogP contribution in [-0.4, -0.2) is 103 Å². The molecule has 304 valence electrons. The van der Waals surface area contributed by atoms with Gasteiger partial charge in [0.15, 0.2) is 5.82 Å². The minimum Gasteiger partial charge on any atom is -0.377 e.